The number of hydrogen-bond donors (Lipinski definition) is 1. The number of benzene rings is 1. The number of furan rings is 1. The third-order valence-electron chi connectivity index (χ3n) is 2.45. The van der Waals surface area contributed by atoms with Crippen molar-refractivity contribution in [3.05, 3.63) is 58.8 Å². The van der Waals surface area contributed by atoms with Gasteiger partial charge in [-0.2, -0.15) is 0 Å². The fraction of sp³-hybridized carbons (Fsp3) is 0.167. The van der Waals surface area contributed by atoms with E-state index in [1.807, 2.05) is 0 Å². The molecular weight excluding hydrogens is 229 g/mol. The summed E-state index contributed by atoms with van der Waals surface area (Å²) in [5.74, 6) is -0.326. The molecule has 0 saturated heterocycles. The molecule has 0 aliphatic carbocycles. The molecule has 0 fully saturated rings. The van der Waals surface area contributed by atoms with Crippen LogP contribution in [0.4, 0.5) is 4.39 Å². The zero-order chi connectivity index (χ0) is 11.5. The first-order chi connectivity index (χ1) is 7.74. The highest BCUT2D eigenvalue weighted by Crippen LogP contribution is 2.30. The first-order valence-corrected chi connectivity index (χ1v) is 5.25. The highest BCUT2D eigenvalue weighted by molar-refractivity contribution is 6.31. The van der Waals surface area contributed by atoms with Crippen molar-refractivity contribution in [3.63, 3.8) is 0 Å². The molecule has 1 unspecified atom stereocenters. The fourth-order valence-electron chi connectivity index (χ4n) is 1.70. The Bertz CT molecular complexity index is 450. The summed E-state index contributed by atoms with van der Waals surface area (Å²) >= 11 is 6.01. The van der Waals surface area contributed by atoms with Crippen molar-refractivity contribution in [1.82, 2.24) is 5.32 Å². The van der Waals surface area contributed by atoms with Gasteiger partial charge in [0.25, 0.3) is 0 Å². The van der Waals surface area contributed by atoms with Crippen LogP contribution in [-0.4, -0.2) is 7.05 Å². The Balaban J connectivity index is 2.49. The molecular formula is C12H11ClFNO. The SMILES string of the molecule is CNC(c1ccoc1)c1c(F)cccc1Cl. The van der Waals surface area contributed by atoms with Gasteiger partial charge in [0.1, 0.15) is 5.82 Å². The van der Waals surface area contributed by atoms with Crippen molar-refractivity contribution in [2.75, 3.05) is 7.05 Å². The summed E-state index contributed by atoms with van der Waals surface area (Å²) in [7, 11) is 1.75. The molecule has 16 heavy (non-hydrogen) atoms. The summed E-state index contributed by atoms with van der Waals surface area (Å²) in [5.41, 5.74) is 1.28. The van der Waals surface area contributed by atoms with E-state index < -0.39 is 0 Å². The topological polar surface area (TPSA) is 25.2 Å². The van der Waals surface area contributed by atoms with Gasteiger partial charge in [0.15, 0.2) is 0 Å². The predicted molar refractivity (Wildman–Crippen MR) is 61.0 cm³/mol. The van der Waals surface area contributed by atoms with Crippen LogP contribution in [0.15, 0.2) is 41.2 Å². The van der Waals surface area contributed by atoms with Gasteiger partial charge in [0.05, 0.1) is 18.6 Å². The molecule has 2 aromatic rings. The number of rotatable bonds is 3. The summed E-state index contributed by atoms with van der Waals surface area (Å²) in [6.45, 7) is 0. The Labute approximate surface area is 98.0 Å². The van der Waals surface area contributed by atoms with Crippen molar-refractivity contribution in [2.24, 2.45) is 0 Å². The largest absolute Gasteiger partial charge is 0.472 e. The maximum Gasteiger partial charge on any atom is 0.129 e. The molecule has 0 aliphatic rings. The average molecular weight is 240 g/mol. The van der Waals surface area contributed by atoms with Gasteiger partial charge < -0.3 is 9.73 Å². The average Bonchev–Trinajstić information content (AvgIpc) is 2.77. The minimum absolute atomic E-state index is 0.299. The Kier molecular flexibility index (Phi) is 3.27. The lowest BCUT2D eigenvalue weighted by molar-refractivity contribution is 0.548. The summed E-state index contributed by atoms with van der Waals surface area (Å²) in [4.78, 5) is 0. The summed E-state index contributed by atoms with van der Waals surface area (Å²) in [5, 5.41) is 3.42. The van der Waals surface area contributed by atoms with Crippen molar-refractivity contribution in [2.45, 2.75) is 6.04 Å². The Hall–Kier alpha value is -1.32. The molecule has 84 valence electrons. The van der Waals surface area contributed by atoms with Gasteiger partial charge in [-0.3, -0.25) is 0 Å². The first kappa shape index (κ1) is 11.2. The Morgan fingerprint density at radius 3 is 2.75 bits per heavy atom. The molecule has 0 spiro atoms. The van der Waals surface area contributed by atoms with E-state index in [9.17, 15) is 4.39 Å². The number of nitrogens with one attached hydrogen (secondary N) is 1. The highest BCUT2D eigenvalue weighted by atomic mass is 35.5. The van der Waals surface area contributed by atoms with Crippen LogP contribution >= 0.6 is 11.6 Å². The fourth-order valence-corrected chi connectivity index (χ4v) is 1.98. The van der Waals surface area contributed by atoms with Crippen LogP contribution in [0, 0.1) is 5.82 Å². The van der Waals surface area contributed by atoms with E-state index in [2.05, 4.69) is 5.32 Å². The van der Waals surface area contributed by atoms with Gasteiger partial charge in [-0.15, -0.1) is 0 Å². The van der Waals surface area contributed by atoms with Gasteiger partial charge in [0, 0.05) is 16.1 Å². The lowest BCUT2D eigenvalue weighted by Gasteiger charge is -2.17. The van der Waals surface area contributed by atoms with E-state index in [1.165, 1.54) is 6.07 Å². The lowest BCUT2D eigenvalue weighted by atomic mass is 10.0. The van der Waals surface area contributed by atoms with Gasteiger partial charge in [-0.25, -0.2) is 4.39 Å². The van der Waals surface area contributed by atoms with Crippen LogP contribution in [-0.2, 0) is 0 Å². The van der Waals surface area contributed by atoms with Crippen LogP contribution in [0.1, 0.15) is 17.2 Å². The molecule has 0 amide bonds. The standard InChI is InChI=1S/C12H11ClFNO/c1-15-12(8-5-6-16-7-8)11-9(13)3-2-4-10(11)14/h2-7,12,15H,1H3. The smallest absolute Gasteiger partial charge is 0.129 e. The maximum atomic E-state index is 13.7. The molecule has 4 heteroatoms. The van der Waals surface area contributed by atoms with Gasteiger partial charge >= 0.3 is 0 Å². The molecule has 1 aromatic carbocycles. The second kappa shape index (κ2) is 4.68. The quantitative estimate of drug-likeness (QED) is 0.888. The third kappa shape index (κ3) is 1.96. The molecule has 1 heterocycles. The van der Waals surface area contributed by atoms with Crippen LogP contribution in [0.2, 0.25) is 5.02 Å². The number of halogens is 2. The molecule has 0 bridgehead atoms. The second-order valence-corrected chi connectivity index (χ2v) is 3.82. The van der Waals surface area contributed by atoms with Gasteiger partial charge in [-0.1, -0.05) is 17.7 Å². The van der Waals surface area contributed by atoms with E-state index in [0.717, 1.165) is 5.56 Å². The number of hydrogen-bond acceptors (Lipinski definition) is 2. The predicted octanol–water partition coefficient (Wildman–Crippen LogP) is 3.38. The van der Waals surface area contributed by atoms with Crippen molar-refractivity contribution in [1.29, 1.82) is 0 Å². The molecule has 1 atom stereocenters. The van der Waals surface area contributed by atoms with E-state index in [-0.39, 0.29) is 11.9 Å². The van der Waals surface area contributed by atoms with E-state index >= 15 is 0 Å². The summed E-state index contributed by atoms with van der Waals surface area (Å²) < 4.78 is 18.7. The van der Waals surface area contributed by atoms with E-state index in [0.29, 0.717) is 10.6 Å². The Morgan fingerprint density at radius 1 is 1.38 bits per heavy atom. The maximum absolute atomic E-state index is 13.7. The first-order valence-electron chi connectivity index (χ1n) is 4.87. The summed E-state index contributed by atoms with van der Waals surface area (Å²) in [6, 6.07) is 6.14. The monoisotopic (exact) mass is 239 g/mol. The molecule has 2 rings (SSSR count). The molecule has 1 aromatic heterocycles. The van der Waals surface area contributed by atoms with Crippen LogP contribution in [0.5, 0.6) is 0 Å². The second-order valence-electron chi connectivity index (χ2n) is 3.41. The molecule has 0 saturated carbocycles. The zero-order valence-corrected chi connectivity index (χ0v) is 9.46. The van der Waals surface area contributed by atoms with Crippen LogP contribution in [0.3, 0.4) is 0 Å². The summed E-state index contributed by atoms with van der Waals surface area (Å²) in [6.07, 6.45) is 3.12. The van der Waals surface area contributed by atoms with E-state index in [1.54, 1.807) is 37.8 Å². The minimum atomic E-state index is -0.326. The van der Waals surface area contributed by atoms with E-state index in [4.69, 9.17) is 16.0 Å². The minimum Gasteiger partial charge on any atom is -0.472 e. The highest BCUT2D eigenvalue weighted by Gasteiger charge is 2.19. The Morgan fingerprint density at radius 2 is 2.19 bits per heavy atom. The van der Waals surface area contributed by atoms with Gasteiger partial charge in [0.2, 0.25) is 0 Å². The van der Waals surface area contributed by atoms with Crippen LogP contribution in [0.25, 0.3) is 0 Å². The molecule has 0 aliphatic heterocycles. The molecule has 2 nitrogen and oxygen atoms in total. The third-order valence-corrected chi connectivity index (χ3v) is 2.78. The molecule has 0 radical (unpaired) electrons. The van der Waals surface area contributed by atoms with Crippen molar-refractivity contribution in [3.8, 4) is 0 Å². The van der Waals surface area contributed by atoms with Crippen molar-refractivity contribution >= 4 is 11.6 Å². The zero-order valence-electron chi connectivity index (χ0n) is 8.71. The van der Waals surface area contributed by atoms with Crippen LogP contribution < -0.4 is 5.32 Å². The lowest BCUT2D eigenvalue weighted by Crippen LogP contribution is -2.18. The van der Waals surface area contributed by atoms with Crippen molar-refractivity contribution < 1.29 is 8.81 Å². The van der Waals surface area contributed by atoms with Gasteiger partial charge in [-0.05, 0) is 25.2 Å². The normalized spacial score (nSPS) is 12.7. The molecule has 1 N–H and O–H groups in total.